The molecule has 0 bridgehead atoms. The summed E-state index contributed by atoms with van der Waals surface area (Å²) in [7, 11) is 0. The van der Waals surface area contributed by atoms with Crippen LogP contribution in [0.3, 0.4) is 0 Å². The van der Waals surface area contributed by atoms with Gasteiger partial charge in [-0.15, -0.1) is 0 Å². The van der Waals surface area contributed by atoms with Crippen molar-refractivity contribution in [2.75, 3.05) is 5.32 Å². The first-order valence-electron chi connectivity index (χ1n) is 5.32. The van der Waals surface area contributed by atoms with Gasteiger partial charge in [0.15, 0.2) is 23.3 Å². The van der Waals surface area contributed by atoms with E-state index in [1.165, 1.54) is 24.3 Å². The van der Waals surface area contributed by atoms with Gasteiger partial charge >= 0.3 is 0 Å². The molecule has 0 fully saturated rings. The van der Waals surface area contributed by atoms with Gasteiger partial charge in [0.2, 0.25) is 0 Å². The molecule has 0 atom stereocenters. The van der Waals surface area contributed by atoms with Crippen LogP contribution in [-0.4, -0.2) is 5.97 Å². The van der Waals surface area contributed by atoms with Crippen molar-refractivity contribution in [2.24, 2.45) is 0 Å². The molecule has 0 saturated carbocycles. The van der Waals surface area contributed by atoms with Crippen LogP contribution < -0.4 is 10.4 Å². The maximum Gasteiger partial charge on any atom is 0.199 e. The standard InChI is InChI=1S/C13H7F4NO2/c14-8-7(13(19)20)12(11(17)10(16)9(8)15)18-6-4-2-1-3-5-6/h1-5,18H,(H,19,20)/p-1. The van der Waals surface area contributed by atoms with Gasteiger partial charge in [-0.05, 0) is 12.1 Å². The Hall–Kier alpha value is -2.57. The number of carbonyl (C=O) groups excluding carboxylic acids is 1. The maximum absolute atomic E-state index is 13.6. The third-order valence-electron chi connectivity index (χ3n) is 2.51. The third kappa shape index (κ3) is 2.29. The van der Waals surface area contributed by atoms with E-state index in [2.05, 4.69) is 5.32 Å². The van der Waals surface area contributed by atoms with E-state index in [0.717, 1.165) is 0 Å². The molecule has 0 amide bonds. The molecule has 0 spiro atoms. The second kappa shape index (κ2) is 5.20. The minimum atomic E-state index is -2.21. The number of aromatic carboxylic acids is 1. The number of anilines is 2. The Labute approximate surface area is 110 Å². The van der Waals surface area contributed by atoms with Gasteiger partial charge in [0.05, 0.1) is 17.2 Å². The Morgan fingerprint density at radius 3 is 2.00 bits per heavy atom. The minimum absolute atomic E-state index is 0.166. The second-order valence-electron chi connectivity index (χ2n) is 3.78. The van der Waals surface area contributed by atoms with Crippen LogP contribution >= 0.6 is 0 Å². The summed E-state index contributed by atoms with van der Waals surface area (Å²) in [6.07, 6.45) is 0. The smallest absolute Gasteiger partial charge is 0.199 e. The number of carboxylic acids is 1. The number of halogens is 4. The average molecular weight is 284 g/mol. The molecule has 0 aliphatic carbocycles. The minimum Gasteiger partial charge on any atom is -0.545 e. The molecule has 0 aliphatic heterocycles. The summed E-state index contributed by atoms with van der Waals surface area (Å²) < 4.78 is 53.2. The molecule has 3 nitrogen and oxygen atoms in total. The summed E-state index contributed by atoms with van der Waals surface area (Å²) in [6, 6.07) is 7.46. The van der Waals surface area contributed by atoms with Crippen LogP contribution in [0.25, 0.3) is 0 Å². The largest absolute Gasteiger partial charge is 0.545 e. The Morgan fingerprint density at radius 1 is 0.900 bits per heavy atom. The third-order valence-corrected chi connectivity index (χ3v) is 2.51. The maximum atomic E-state index is 13.6. The molecule has 0 aromatic heterocycles. The van der Waals surface area contributed by atoms with Crippen molar-refractivity contribution in [3.8, 4) is 0 Å². The summed E-state index contributed by atoms with van der Waals surface area (Å²) in [5.41, 5.74) is -2.28. The molecule has 104 valence electrons. The molecule has 0 heterocycles. The number of carbonyl (C=O) groups is 1. The average Bonchev–Trinajstić information content (AvgIpc) is 2.43. The van der Waals surface area contributed by atoms with Crippen molar-refractivity contribution < 1.29 is 27.5 Å². The fourth-order valence-electron chi connectivity index (χ4n) is 1.61. The molecule has 0 saturated heterocycles. The van der Waals surface area contributed by atoms with Gasteiger partial charge in [-0.25, -0.2) is 17.6 Å². The van der Waals surface area contributed by atoms with Crippen LogP contribution in [-0.2, 0) is 0 Å². The zero-order valence-corrected chi connectivity index (χ0v) is 9.72. The van der Waals surface area contributed by atoms with Gasteiger partial charge in [0, 0.05) is 5.69 Å². The number of para-hydroxylation sites is 1. The summed E-state index contributed by atoms with van der Waals surface area (Å²) in [4.78, 5) is 10.8. The number of hydrogen-bond donors (Lipinski definition) is 1. The van der Waals surface area contributed by atoms with E-state index in [0.29, 0.717) is 0 Å². The zero-order chi connectivity index (χ0) is 14.9. The van der Waals surface area contributed by atoms with Gasteiger partial charge in [-0.3, -0.25) is 0 Å². The molecule has 1 N–H and O–H groups in total. The highest BCUT2D eigenvalue weighted by Gasteiger charge is 2.26. The SMILES string of the molecule is O=C([O-])c1c(F)c(F)c(F)c(F)c1Nc1ccccc1. The lowest BCUT2D eigenvalue weighted by Crippen LogP contribution is -2.26. The number of carboxylic acid groups (broad SMARTS) is 1. The molecular formula is C13H6F4NO2-. The quantitative estimate of drug-likeness (QED) is 0.535. The van der Waals surface area contributed by atoms with Crippen LogP contribution in [0.2, 0.25) is 0 Å². The van der Waals surface area contributed by atoms with E-state index in [9.17, 15) is 27.5 Å². The van der Waals surface area contributed by atoms with Crippen molar-refractivity contribution in [2.45, 2.75) is 0 Å². The molecular weight excluding hydrogens is 278 g/mol. The van der Waals surface area contributed by atoms with Gasteiger partial charge in [-0.2, -0.15) is 0 Å². The molecule has 7 heteroatoms. The van der Waals surface area contributed by atoms with Crippen LogP contribution in [0.1, 0.15) is 10.4 Å². The normalized spacial score (nSPS) is 10.4. The summed E-state index contributed by atoms with van der Waals surface area (Å²) in [5.74, 6) is -10.3. The van der Waals surface area contributed by atoms with E-state index in [1.54, 1.807) is 6.07 Å². The lowest BCUT2D eigenvalue weighted by atomic mass is 10.1. The lowest BCUT2D eigenvalue weighted by molar-refractivity contribution is -0.255. The second-order valence-corrected chi connectivity index (χ2v) is 3.78. The molecule has 20 heavy (non-hydrogen) atoms. The van der Waals surface area contributed by atoms with E-state index in [-0.39, 0.29) is 5.69 Å². The molecule has 0 aliphatic rings. The Kier molecular flexibility index (Phi) is 3.60. The topological polar surface area (TPSA) is 52.2 Å². The number of benzene rings is 2. The van der Waals surface area contributed by atoms with Crippen molar-refractivity contribution >= 4 is 17.3 Å². The first kappa shape index (κ1) is 13.9. The van der Waals surface area contributed by atoms with E-state index in [1.807, 2.05) is 0 Å². The van der Waals surface area contributed by atoms with Gasteiger partial charge in [0.25, 0.3) is 0 Å². The Balaban J connectivity index is 2.65. The number of nitrogens with one attached hydrogen (secondary N) is 1. The fraction of sp³-hybridized carbons (Fsp3) is 0. The monoisotopic (exact) mass is 284 g/mol. The summed E-state index contributed by atoms with van der Waals surface area (Å²) in [6.45, 7) is 0. The van der Waals surface area contributed by atoms with Crippen molar-refractivity contribution in [3.63, 3.8) is 0 Å². The summed E-state index contributed by atoms with van der Waals surface area (Å²) >= 11 is 0. The first-order chi connectivity index (χ1) is 9.43. The number of hydrogen-bond acceptors (Lipinski definition) is 3. The predicted molar refractivity (Wildman–Crippen MR) is 60.3 cm³/mol. The Morgan fingerprint density at radius 2 is 1.45 bits per heavy atom. The lowest BCUT2D eigenvalue weighted by Gasteiger charge is -2.15. The molecule has 0 unspecified atom stereocenters. The van der Waals surface area contributed by atoms with Crippen LogP contribution in [0, 0.1) is 23.3 Å². The van der Waals surface area contributed by atoms with Gasteiger partial charge in [-0.1, -0.05) is 18.2 Å². The highest BCUT2D eigenvalue weighted by atomic mass is 19.2. The molecule has 0 radical (unpaired) electrons. The first-order valence-corrected chi connectivity index (χ1v) is 5.32. The van der Waals surface area contributed by atoms with Crippen molar-refractivity contribution in [1.82, 2.24) is 0 Å². The molecule has 2 aromatic carbocycles. The predicted octanol–water partition coefficient (Wildman–Crippen LogP) is 2.35. The van der Waals surface area contributed by atoms with E-state index in [4.69, 9.17) is 0 Å². The zero-order valence-electron chi connectivity index (χ0n) is 9.72. The van der Waals surface area contributed by atoms with E-state index < -0.39 is 40.5 Å². The van der Waals surface area contributed by atoms with Crippen LogP contribution in [0.5, 0.6) is 0 Å². The van der Waals surface area contributed by atoms with E-state index >= 15 is 0 Å². The molecule has 2 aromatic rings. The highest BCUT2D eigenvalue weighted by Crippen LogP contribution is 2.30. The fourth-order valence-corrected chi connectivity index (χ4v) is 1.61. The van der Waals surface area contributed by atoms with Gasteiger partial charge < -0.3 is 15.2 Å². The summed E-state index contributed by atoms with van der Waals surface area (Å²) in [5, 5.41) is 13.0. The van der Waals surface area contributed by atoms with Crippen molar-refractivity contribution in [3.05, 3.63) is 59.2 Å². The Bertz CT molecular complexity index is 674. The van der Waals surface area contributed by atoms with Crippen LogP contribution in [0.15, 0.2) is 30.3 Å². The number of rotatable bonds is 3. The highest BCUT2D eigenvalue weighted by molar-refractivity contribution is 5.94. The van der Waals surface area contributed by atoms with Crippen LogP contribution in [0.4, 0.5) is 28.9 Å². The molecule has 2 rings (SSSR count). The van der Waals surface area contributed by atoms with Crippen molar-refractivity contribution in [1.29, 1.82) is 0 Å². The van der Waals surface area contributed by atoms with Gasteiger partial charge in [0.1, 0.15) is 0 Å².